The van der Waals surface area contributed by atoms with E-state index in [0.29, 0.717) is 42.5 Å². The SMILES string of the molecule is O=S(=O)(c1cccc(Br)c1)n1cc(C(F)(F)F)c2c(N3CCNCC3)cccc21. The van der Waals surface area contributed by atoms with Crippen molar-refractivity contribution in [3.05, 3.63) is 58.7 Å². The molecular formula is C19H17BrF3N3O2S. The fraction of sp³-hybridized carbons (Fsp3) is 0.263. The topological polar surface area (TPSA) is 54.3 Å². The Hall–Kier alpha value is -2.04. The second-order valence-corrected chi connectivity index (χ2v) is 9.44. The maximum atomic E-state index is 13.9. The number of piperazine rings is 1. The standard InChI is InChI=1S/C19H17BrF3N3O2S/c20-13-3-1-4-14(11-13)29(27,28)26-12-15(19(21,22)23)18-16(5-2-6-17(18)26)25-9-7-24-8-10-25/h1-6,11-12,24H,7-10H2. The lowest BCUT2D eigenvalue weighted by atomic mass is 10.1. The van der Waals surface area contributed by atoms with E-state index in [2.05, 4.69) is 21.2 Å². The van der Waals surface area contributed by atoms with Gasteiger partial charge in [0, 0.05) is 47.9 Å². The smallest absolute Gasteiger partial charge is 0.368 e. The van der Waals surface area contributed by atoms with Crippen molar-refractivity contribution in [3.8, 4) is 0 Å². The first-order valence-corrected chi connectivity index (χ1v) is 11.1. The van der Waals surface area contributed by atoms with Crippen molar-refractivity contribution in [1.82, 2.24) is 9.29 Å². The van der Waals surface area contributed by atoms with Crippen LogP contribution in [-0.4, -0.2) is 38.6 Å². The molecule has 4 rings (SSSR count). The molecule has 0 saturated carbocycles. The Morgan fingerprint density at radius 2 is 1.72 bits per heavy atom. The Bertz CT molecular complexity index is 1170. The minimum atomic E-state index is -4.69. The van der Waals surface area contributed by atoms with Crippen LogP contribution < -0.4 is 10.2 Å². The van der Waals surface area contributed by atoms with Gasteiger partial charge < -0.3 is 10.2 Å². The first-order chi connectivity index (χ1) is 13.7. The van der Waals surface area contributed by atoms with Crippen molar-refractivity contribution in [3.63, 3.8) is 0 Å². The lowest BCUT2D eigenvalue weighted by Gasteiger charge is -2.30. The van der Waals surface area contributed by atoms with Gasteiger partial charge in [0.1, 0.15) is 0 Å². The first kappa shape index (κ1) is 20.2. The molecule has 3 aromatic rings. The summed E-state index contributed by atoms with van der Waals surface area (Å²) in [6.07, 6.45) is -4.01. The molecule has 154 valence electrons. The van der Waals surface area contributed by atoms with Crippen LogP contribution in [0.3, 0.4) is 0 Å². The van der Waals surface area contributed by atoms with E-state index in [9.17, 15) is 21.6 Å². The predicted molar refractivity (Wildman–Crippen MR) is 109 cm³/mol. The van der Waals surface area contributed by atoms with E-state index in [1.807, 2.05) is 4.90 Å². The highest BCUT2D eigenvalue weighted by molar-refractivity contribution is 9.10. The molecule has 1 fully saturated rings. The number of fused-ring (bicyclic) bond motifs is 1. The third kappa shape index (κ3) is 3.64. The lowest BCUT2D eigenvalue weighted by Crippen LogP contribution is -2.43. The number of nitrogens with one attached hydrogen (secondary N) is 1. The van der Waals surface area contributed by atoms with Crippen molar-refractivity contribution in [2.75, 3.05) is 31.1 Å². The predicted octanol–water partition coefficient (Wildman–Crippen LogP) is 4.07. The molecule has 0 radical (unpaired) electrons. The van der Waals surface area contributed by atoms with Crippen LogP contribution in [0.25, 0.3) is 10.9 Å². The number of hydrogen-bond donors (Lipinski definition) is 1. The number of halogens is 4. The summed E-state index contributed by atoms with van der Waals surface area (Å²) in [6, 6.07) is 10.5. The summed E-state index contributed by atoms with van der Waals surface area (Å²) in [5.74, 6) is 0. The molecule has 1 aliphatic heterocycles. The van der Waals surface area contributed by atoms with Gasteiger partial charge in [-0.25, -0.2) is 12.4 Å². The van der Waals surface area contributed by atoms with Crippen molar-refractivity contribution in [1.29, 1.82) is 0 Å². The van der Waals surface area contributed by atoms with Crippen molar-refractivity contribution in [2.24, 2.45) is 0 Å². The van der Waals surface area contributed by atoms with Gasteiger partial charge in [0.2, 0.25) is 0 Å². The van der Waals surface area contributed by atoms with Gasteiger partial charge >= 0.3 is 6.18 Å². The Morgan fingerprint density at radius 1 is 1.03 bits per heavy atom. The molecule has 0 amide bonds. The summed E-state index contributed by atoms with van der Waals surface area (Å²) in [5.41, 5.74) is -0.562. The summed E-state index contributed by atoms with van der Waals surface area (Å²) < 4.78 is 69.3. The Labute approximate surface area is 174 Å². The van der Waals surface area contributed by atoms with Crippen LogP contribution in [0.1, 0.15) is 5.56 Å². The van der Waals surface area contributed by atoms with Gasteiger partial charge in [0.25, 0.3) is 10.0 Å². The fourth-order valence-corrected chi connectivity index (χ4v) is 5.52. The van der Waals surface area contributed by atoms with E-state index in [1.165, 1.54) is 24.3 Å². The van der Waals surface area contributed by atoms with Crippen LogP contribution in [0.5, 0.6) is 0 Å². The molecule has 0 atom stereocenters. The second-order valence-electron chi connectivity index (χ2n) is 6.71. The molecule has 1 saturated heterocycles. The lowest BCUT2D eigenvalue weighted by molar-refractivity contribution is -0.136. The van der Waals surface area contributed by atoms with E-state index >= 15 is 0 Å². The van der Waals surface area contributed by atoms with Gasteiger partial charge in [-0.2, -0.15) is 13.2 Å². The summed E-state index contributed by atoms with van der Waals surface area (Å²) in [6.45, 7) is 2.38. The normalized spacial score (nSPS) is 15.8. The Kier molecular flexibility index (Phi) is 5.12. The van der Waals surface area contributed by atoms with Gasteiger partial charge in [-0.05, 0) is 30.3 Å². The molecule has 29 heavy (non-hydrogen) atoms. The van der Waals surface area contributed by atoms with Crippen LogP contribution in [-0.2, 0) is 16.2 Å². The molecule has 2 heterocycles. The largest absolute Gasteiger partial charge is 0.418 e. The molecule has 2 aromatic carbocycles. The molecule has 0 bridgehead atoms. The van der Waals surface area contributed by atoms with E-state index in [-0.39, 0.29) is 15.8 Å². The molecule has 0 aliphatic carbocycles. The summed E-state index contributed by atoms with van der Waals surface area (Å²) in [7, 11) is -4.22. The maximum absolute atomic E-state index is 13.9. The third-order valence-electron chi connectivity index (χ3n) is 4.89. The van der Waals surface area contributed by atoms with Crippen molar-refractivity contribution >= 4 is 42.5 Å². The average Bonchev–Trinajstić information content (AvgIpc) is 3.10. The van der Waals surface area contributed by atoms with E-state index in [1.54, 1.807) is 18.2 Å². The van der Waals surface area contributed by atoms with Crippen molar-refractivity contribution in [2.45, 2.75) is 11.1 Å². The average molecular weight is 488 g/mol. The minimum absolute atomic E-state index is 0.00772. The molecule has 1 aliphatic rings. The zero-order valence-electron chi connectivity index (χ0n) is 15.1. The number of hydrogen-bond acceptors (Lipinski definition) is 4. The number of anilines is 1. The van der Waals surface area contributed by atoms with Crippen LogP contribution in [0.15, 0.2) is 58.0 Å². The second kappa shape index (κ2) is 7.33. The summed E-state index contributed by atoms with van der Waals surface area (Å²) >= 11 is 3.21. The van der Waals surface area contributed by atoms with Crippen molar-refractivity contribution < 1.29 is 21.6 Å². The summed E-state index contributed by atoms with van der Waals surface area (Å²) in [5, 5.41) is 3.07. The molecule has 5 nitrogen and oxygen atoms in total. The van der Waals surface area contributed by atoms with Gasteiger partial charge in [0.05, 0.1) is 16.0 Å². The number of alkyl halides is 3. The van der Waals surface area contributed by atoms with Gasteiger partial charge in [0.15, 0.2) is 0 Å². The van der Waals surface area contributed by atoms with Gasteiger partial charge in [-0.1, -0.05) is 28.1 Å². The number of aromatic nitrogens is 1. The van der Waals surface area contributed by atoms with Crippen LogP contribution in [0.2, 0.25) is 0 Å². The quantitative estimate of drug-likeness (QED) is 0.604. The molecule has 0 unspecified atom stereocenters. The molecular weight excluding hydrogens is 471 g/mol. The van der Waals surface area contributed by atoms with E-state index < -0.39 is 21.8 Å². The van der Waals surface area contributed by atoms with E-state index in [4.69, 9.17) is 0 Å². The highest BCUT2D eigenvalue weighted by Crippen LogP contribution is 2.42. The van der Waals surface area contributed by atoms with Gasteiger partial charge in [-0.3, -0.25) is 0 Å². The first-order valence-electron chi connectivity index (χ1n) is 8.87. The number of rotatable bonds is 3. The molecule has 0 spiro atoms. The number of nitrogens with zero attached hydrogens (tertiary/aromatic N) is 2. The minimum Gasteiger partial charge on any atom is -0.368 e. The van der Waals surface area contributed by atoms with Crippen LogP contribution in [0.4, 0.5) is 18.9 Å². The van der Waals surface area contributed by atoms with E-state index in [0.717, 1.165) is 3.97 Å². The zero-order valence-corrected chi connectivity index (χ0v) is 17.5. The zero-order chi connectivity index (χ0) is 20.8. The Balaban J connectivity index is 1.99. The van der Waals surface area contributed by atoms with Gasteiger partial charge in [-0.15, -0.1) is 0 Å². The van der Waals surface area contributed by atoms with Crippen LogP contribution >= 0.6 is 15.9 Å². The highest BCUT2D eigenvalue weighted by atomic mass is 79.9. The fourth-order valence-electron chi connectivity index (χ4n) is 3.56. The highest BCUT2D eigenvalue weighted by Gasteiger charge is 2.38. The molecule has 1 N–H and O–H groups in total. The molecule has 1 aromatic heterocycles. The van der Waals surface area contributed by atoms with Crippen LogP contribution in [0, 0.1) is 0 Å². The number of benzene rings is 2. The summed E-state index contributed by atoms with van der Waals surface area (Å²) in [4.78, 5) is 1.76. The maximum Gasteiger partial charge on any atom is 0.418 e. The Morgan fingerprint density at radius 3 is 2.38 bits per heavy atom. The molecule has 10 heteroatoms. The monoisotopic (exact) mass is 487 g/mol. The third-order valence-corrected chi connectivity index (χ3v) is 7.05.